The number of ether oxygens (including phenoxy) is 1. The van der Waals surface area contributed by atoms with Crippen LogP contribution in [0.1, 0.15) is 73.6 Å². The van der Waals surface area contributed by atoms with Crippen molar-refractivity contribution >= 4 is 0 Å². The molecule has 3 nitrogen and oxygen atoms in total. The van der Waals surface area contributed by atoms with E-state index in [1.807, 2.05) is 0 Å². The third kappa shape index (κ3) is 3.30. The van der Waals surface area contributed by atoms with E-state index in [9.17, 15) is 0 Å². The first kappa shape index (κ1) is 17.2. The van der Waals surface area contributed by atoms with Gasteiger partial charge in [-0.3, -0.25) is 4.90 Å². The van der Waals surface area contributed by atoms with Gasteiger partial charge in [-0.25, -0.2) is 0 Å². The Bertz CT molecular complexity index is 360. The number of piperidine rings is 1. The molecule has 0 saturated carbocycles. The van der Waals surface area contributed by atoms with Gasteiger partial charge in [0.1, 0.15) is 0 Å². The van der Waals surface area contributed by atoms with Crippen molar-refractivity contribution in [3.63, 3.8) is 0 Å². The Morgan fingerprint density at radius 2 is 1.76 bits per heavy atom. The van der Waals surface area contributed by atoms with Crippen LogP contribution in [0.4, 0.5) is 0 Å². The molecule has 0 aromatic rings. The van der Waals surface area contributed by atoms with Gasteiger partial charge in [-0.2, -0.15) is 0 Å². The first-order valence-corrected chi connectivity index (χ1v) is 8.83. The molecule has 3 atom stereocenters. The Balaban J connectivity index is 2.21. The van der Waals surface area contributed by atoms with Crippen LogP contribution < -0.4 is 5.73 Å². The van der Waals surface area contributed by atoms with E-state index in [1.165, 1.54) is 32.4 Å². The molecule has 2 aliphatic heterocycles. The zero-order valence-corrected chi connectivity index (χ0v) is 15.0. The molecule has 0 radical (unpaired) electrons. The molecule has 2 heterocycles. The van der Waals surface area contributed by atoms with E-state index in [0.717, 1.165) is 12.8 Å². The summed E-state index contributed by atoms with van der Waals surface area (Å²) in [5.74, 6) is 0.416. The van der Waals surface area contributed by atoms with Crippen LogP contribution in [0.15, 0.2) is 0 Å². The molecule has 21 heavy (non-hydrogen) atoms. The zero-order chi connectivity index (χ0) is 15.9. The molecule has 3 heteroatoms. The first-order chi connectivity index (χ1) is 9.62. The number of hydrogen-bond acceptors (Lipinski definition) is 3. The summed E-state index contributed by atoms with van der Waals surface area (Å²) in [5.41, 5.74) is 6.78. The second-order valence-electron chi connectivity index (χ2n) is 8.56. The zero-order valence-electron chi connectivity index (χ0n) is 15.0. The molecule has 124 valence electrons. The van der Waals surface area contributed by atoms with E-state index in [0.29, 0.717) is 5.92 Å². The van der Waals surface area contributed by atoms with E-state index >= 15 is 0 Å². The van der Waals surface area contributed by atoms with Gasteiger partial charge in [0.25, 0.3) is 0 Å². The van der Waals surface area contributed by atoms with Gasteiger partial charge in [0.05, 0.1) is 11.2 Å². The number of nitrogens with zero attached hydrogens (tertiary/aromatic N) is 1. The molecule has 0 aromatic heterocycles. The van der Waals surface area contributed by atoms with E-state index in [-0.39, 0.29) is 22.8 Å². The average Bonchev–Trinajstić information content (AvgIpc) is 2.65. The summed E-state index contributed by atoms with van der Waals surface area (Å²) >= 11 is 0. The summed E-state index contributed by atoms with van der Waals surface area (Å²) in [7, 11) is 0. The fourth-order valence-corrected chi connectivity index (χ4v) is 4.67. The molecule has 0 bridgehead atoms. The Morgan fingerprint density at radius 3 is 2.19 bits per heavy atom. The second kappa shape index (κ2) is 5.82. The van der Waals surface area contributed by atoms with Crippen molar-refractivity contribution in [3.05, 3.63) is 0 Å². The normalized spacial score (nSPS) is 33.6. The smallest absolute Gasteiger partial charge is 0.0678 e. The highest BCUT2D eigenvalue weighted by atomic mass is 16.5. The van der Waals surface area contributed by atoms with Gasteiger partial charge in [0, 0.05) is 17.5 Å². The summed E-state index contributed by atoms with van der Waals surface area (Å²) in [6.45, 7) is 15.9. The molecule has 3 unspecified atom stereocenters. The van der Waals surface area contributed by atoms with Crippen LogP contribution in [-0.4, -0.2) is 40.8 Å². The maximum atomic E-state index is 6.87. The molecule has 0 aromatic carbocycles. The van der Waals surface area contributed by atoms with Crippen LogP contribution in [0.2, 0.25) is 0 Å². The molecule has 2 rings (SSSR count). The van der Waals surface area contributed by atoms with Crippen LogP contribution in [0.5, 0.6) is 0 Å². The summed E-state index contributed by atoms with van der Waals surface area (Å²) in [5, 5.41) is 0. The number of likely N-dealkylation sites (tertiary alicyclic amines) is 1. The van der Waals surface area contributed by atoms with Gasteiger partial charge in [-0.15, -0.1) is 0 Å². The molecule has 0 amide bonds. The predicted molar refractivity (Wildman–Crippen MR) is 89.4 cm³/mol. The molecule has 2 saturated heterocycles. The summed E-state index contributed by atoms with van der Waals surface area (Å²) in [4.78, 5) is 2.66. The lowest BCUT2D eigenvalue weighted by Gasteiger charge is -2.50. The first-order valence-electron chi connectivity index (χ1n) is 8.83. The Kier molecular flexibility index (Phi) is 4.78. The SMILES string of the molecule is CCC(C)(C(N)C1CC(C)(C)OC1(C)C)N1CCCCC1. The molecule has 0 spiro atoms. The largest absolute Gasteiger partial charge is 0.369 e. The Hall–Kier alpha value is -0.120. The standard InChI is InChI=1S/C18H36N2O/c1-7-18(6,20-11-9-8-10-12-20)15(19)14-13-16(2,3)21-17(14,4)5/h14-15H,7-13,19H2,1-6H3. The maximum absolute atomic E-state index is 6.87. The van der Waals surface area contributed by atoms with E-state index in [2.05, 4.69) is 46.4 Å². The van der Waals surface area contributed by atoms with Crippen molar-refractivity contribution in [1.29, 1.82) is 0 Å². The lowest BCUT2D eigenvalue weighted by Crippen LogP contribution is -2.63. The quantitative estimate of drug-likeness (QED) is 0.862. The van der Waals surface area contributed by atoms with Crippen molar-refractivity contribution in [2.75, 3.05) is 13.1 Å². The highest BCUT2D eigenvalue weighted by molar-refractivity contribution is 5.07. The summed E-state index contributed by atoms with van der Waals surface area (Å²) < 4.78 is 6.30. The molecule has 2 fully saturated rings. The second-order valence-corrected chi connectivity index (χ2v) is 8.56. The highest BCUT2D eigenvalue weighted by Crippen LogP contribution is 2.46. The lowest BCUT2D eigenvalue weighted by atomic mass is 9.72. The topological polar surface area (TPSA) is 38.5 Å². The predicted octanol–water partition coefficient (Wildman–Crippen LogP) is 3.56. The number of hydrogen-bond donors (Lipinski definition) is 1. The van der Waals surface area contributed by atoms with E-state index in [1.54, 1.807) is 0 Å². The van der Waals surface area contributed by atoms with Crippen LogP contribution in [-0.2, 0) is 4.74 Å². The van der Waals surface area contributed by atoms with Gasteiger partial charge in [0.15, 0.2) is 0 Å². The third-order valence-corrected chi connectivity index (χ3v) is 6.09. The van der Waals surface area contributed by atoms with E-state index < -0.39 is 0 Å². The van der Waals surface area contributed by atoms with Gasteiger partial charge in [-0.05, 0) is 73.4 Å². The number of nitrogens with two attached hydrogens (primary N) is 1. The van der Waals surface area contributed by atoms with Crippen molar-refractivity contribution < 1.29 is 4.74 Å². The molecule has 2 N–H and O–H groups in total. The van der Waals surface area contributed by atoms with Crippen molar-refractivity contribution in [3.8, 4) is 0 Å². The lowest BCUT2D eigenvalue weighted by molar-refractivity contribution is -0.0839. The van der Waals surface area contributed by atoms with Gasteiger partial charge >= 0.3 is 0 Å². The maximum Gasteiger partial charge on any atom is 0.0678 e. The minimum Gasteiger partial charge on any atom is -0.369 e. The van der Waals surface area contributed by atoms with Crippen LogP contribution in [0, 0.1) is 5.92 Å². The van der Waals surface area contributed by atoms with Crippen molar-refractivity contribution in [2.24, 2.45) is 11.7 Å². The van der Waals surface area contributed by atoms with Gasteiger partial charge < -0.3 is 10.5 Å². The van der Waals surface area contributed by atoms with Crippen molar-refractivity contribution in [2.45, 2.75) is 96.4 Å². The summed E-state index contributed by atoms with van der Waals surface area (Å²) in [6.07, 6.45) is 6.18. The minimum absolute atomic E-state index is 0.0532. The Labute approximate surface area is 131 Å². The summed E-state index contributed by atoms with van der Waals surface area (Å²) in [6, 6.07) is 0.164. The fraction of sp³-hybridized carbons (Fsp3) is 1.00. The average molecular weight is 296 g/mol. The minimum atomic E-state index is -0.130. The fourth-order valence-electron chi connectivity index (χ4n) is 4.67. The van der Waals surface area contributed by atoms with Gasteiger partial charge in [0.2, 0.25) is 0 Å². The van der Waals surface area contributed by atoms with Crippen LogP contribution in [0.25, 0.3) is 0 Å². The number of rotatable bonds is 4. The molecular formula is C18H36N2O. The van der Waals surface area contributed by atoms with Crippen LogP contribution in [0.3, 0.4) is 0 Å². The monoisotopic (exact) mass is 296 g/mol. The van der Waals surface area contributed by atoms with Gasteiger partial charge in [-0.1, -0.05) is 13.3 Å². The Morgan fingerprint density at radius 1 is 1.19 bits per heavy atom. The van der Waals surface area contributed by atoms with E-state index in [4.69, 9.17) is 10.5 Å². The third-order valence-electron chi connectivity index (χ3n) is 6.09. The molecule has 2 aliphatic rings. The highest BCUT2D eigenvalue weighted by Gasteiger charge is 2.53. The molecule has 0 aliphatic carbocycles. The molecular weight excluding hydrogens is 260 g/mol. The van der Waals surface area contributed by atoms with Crippen molar-refractivity contribution in [1.82, 2.24) is 4.90 Å². The van der Waals surface area contributed by atoms with Crippen LogP contribution >= 0.6 is 0 Å².